The number of aliphatic hydroxyl groups is 1. The Morgan fingerprint density at radius 2 is 2.28 bits per heavy atom. The summed E-state index contributed by atoms with van der Waals surface area (Å²) in [5, 5.41) is 9.68. The molecule has 2 aromatic rings. The summed E-state index contributed by atoms with van der Waals surface area (Å²) >= 11 is 0. The number of hydrogen-bond donors (Lipinski definition) is 1. The highest BCUT2D eigenvalue weighted by molar-refractivity contribution is 5.38. The molecular formula is C14H18N2O2. The molecule has 0 aliphatic rings. The molecule has 0 fully saturated rings. The van der Waals surface area contributed by atoms with Crippen molar-refractivity contribution in [2.45, 2.75) is 26.5 Å². The summed E-state index contributed by atoms with van der Waals surface area (Å²) in [6.45, 7) is 5.05. The van der Waals surface area contributed by atoms with Crippen molar-refractivity contribution in [3.63, 3.8) is 0 Å². The predicted octanol–water partition coefficient (Wildman–Crippen LogP) is 2.32. The monoisotopic (exact) mass is 246 g/mol. The molecular weight excluding hydrogens is 228 g/mol. The maximum atomic E-state index is 9.68. The van der Waals surface area contributed by atoms with Crippen LogP contribution in [0.15, 0.2) is 36.9 Å². The molecule has 96 valence electrons. The van der Waals surface area contributed by atoms with Gasteiger partial charge < -0.3 is 14.4 Å². The van der Waals surface area contributed by atoms with Crippen molar-refractivity contribution in [3.8, 4) is 5.75 Å². The molecule has 0 saturated carbocycles. The highest BCUT2D eigenvalue weighted by Gasteiger charge is 2.09. The lowest BCUT2D eigenvalue weighted by Crippen LogP contribution is -2.08. The Bertz CT molecular complexity index is 493. The van der Waals surface area contributed by atoms with E-state index in [0.29, 0.717) is 6.61 Å². The quantitative estimate of drug-likeness (QED) is 0.880. The lowest BCUT2D eigenvalue weighted by Gasteiger charge is -2.14. The molecule has 1 atom stereocenters. The normalized spacial score (nSPS) is 12.4. The van der Waals surface area contributed by atoms with Gasteiger partial charge in [-0.2, -0.15) is 0 Å². The van der Waals surface area contributed by atoms with Gasteiger partial charge in [0.1, 0.15) is 12.4 Å². The zero-order chi connectivity index (χ0) is 13.0. The van der Waals surface area contributed by atoms with Crippen molar-refractivity contribution >= 4 is 0 Å². The molecule has 1 heterocycles. The molecule has 18 heavy (non-hydrogen) atoms. The number of imidazole rings is 1. The van der Waals surface area contributed by atoms with Gasteiger partial charge in [0, 0.05) is 18.0 Å². The summed E-state index contributed by atoms with van der Waals surface area (Å²) in [5.41, 5.74) is 1.95. The molecule has 0 spiro atoms. The molecule has 1 N–H and O–H groups in total. The van der Waals surface area contributed by atoms with Crippen LogP contribution in [0.3, 0.4) is 0 Å². The van der Waals surface area contributed by atoms with Crippen molar-refractivity contribution in [1.29, 1.82) is 0 Å². The van der Waals surface area contributed by atoms with Gasteiger partial charge in [0.25, 0.3) is 0 Å². The second kappa shape index (κ2) is 5.69. The van der Waals surface area contributed by atoms with Crippen LogP contribution in [0.1, 0.15) is 24.2 Å². The van der Waals surface area contributed by atoms with E-state index in [-0.39, 0.29) is 0 Å². The lowest BCUT2D eigenvalue weighted by molar-refractivity contribution is 0.190. The first-order chi connectivity index (χ1) is 8.66. The number of hydrogen-bond acceptors (Lipinski definition) is 3. The SMILES string of the molecule is Cc1ccc(C(C)O)c(OCCn2ccnc2)c1. The largest absolute Gasteiger partial charge is 0.491 e. The van der Waals surface area contributed by atoms with E-state index in [1.54, 1.807) is 19.4 Å². The first-order valence-corrected chi connectivity index (χ1v) is 6.04. The van der Waals surface area contributed by atoms with Crippen molar-refractivity contribution in [1.82, 2.24) is 9.55 Å². The molecule has 0 saturated heterocycles. The molecule has 1 aromatic carbocycles. The van der Waals surface area contributed by atoms with Crippen LogP contribution in [-0.2, 0) is 6.54 Å². The first kappa shape index (κ1) is 12.6. The molecule has 2 rings (SSSR count). The van der Waals surface area contributed by atoms with E-state index in [9.17, 15) is 5.11 Å². The summed E-state index contributed by atoms with van der Waals surface area (Å²) in [6.07, 6.45) is 4.88. The van der Waals surface area contributed by atoms with Gasteiger partial charge in [0.05, 0.1) is 19.0 Å². The Hall–Kier alpha value is -1.81. The van der Waals surface area contributed by atoms with Gasteiger partial charge in [-0.3, -0.25) is 0 Å². The number of aryl methyl sites for hydroxylation is 1. The number of rotatable bonds is 5. The highest BCUT2D eigenvalue weighted by Crippen LogP contribution is 2.26. The van der Waals surface area contributed by atoms with Crippen LogP contribution < -0.4 is 4.74 Å². The molecule has 4 nitrogen and oxygen atoms in total. The summed E-state index contributed by atoms with van der Waals surface area (Å²) in [7, 11) is 0. The highest BCUT2D eigenvalue weighted by atomic mass is 16.5. The molecule has 0 aliphatic carbocycles. The zero-order valence-corrected chi connectivity index (χ0v) is 10.7. The lowest BCUT2D eigenvalue weighted by atomic mass is 10.1. The standard InChI is InChI=1S/C14H18N2O2/c1-11-3-4-13(12(2)17)14(9-11)18-8-7-16-6-5-15-10-16/h3-6,9-10,12,17H,7-8H2,1-2H3. The summed E-state index contributed by atoms with van der Waals surface area (Å²) in [4.78, 5) is 3.98. The third kappa shape index (κ3) is 3.11. The third-order valence-electron chi connectivity index (χ3n) is 2.79. The van der Waals surface area contributed by atoms with Crippen LogP contribution in [0, 0.1) is 6.92 Å². The third-order valence-corrected chi connectivity index (χ3v) is 2.79. The minimum atomic E-state index is -0.520. The van der Waals surface area contributed by atoms with Gasteiger partial charge in [0.2, 0.25) is 0 Å². The van der Waals surface area contributed by atoms with Gasteiger partial charge in [-0.25, -0.2) is 4.98 Å². The molecule has 4 heteroatoms. The van der Waals surface area contributed by atoms with E-state index >= 15 is 0 Å². The van der Waals surface area contributed by atoms with Gasteiger partial charge in [-0.05, 0) is 25.5 Å². The summed E-state index contributed by atoms with van der Waals surface area (Å²) in [6, 6.07) is 5.84. The smallest absolute Gasteiger partial charge is 0.125 e. The summed E-state index contributed by atoms with van der Waals surface area (Å²) < 4.78 is 7.70. The molecule has 0 amide bonds. The van der Waals surface area contributed by atoms with Crippen LogP contribution in [-0.4, -0.2) is 21.3 Å². The second-order valence-electron chi connectivity index (χ2n) is 4.37. The Morgan fingerprint density at radius 1 is 1.44 bits per heavy atom. The maximum absolute atomic E-state index is 9.68. The van der Waals surface area contributed by atoms with E-state index in [2.05, 4.69) is 4.98 Å². The van der Waals surface area contributed by atoms with Crippen LogP contribution in [0.25, 0.3) is 0 Å². The number of aromatic nitrogens is 2. The van der Waals surface area contributed by atoms with Gasteiger partial charge in [-0.1, -0.05) is 12.1 Å². The van der Waals surface area contributed by atoms with Crippen LogP contribution in [0.4, 0.5) is 0 Å². The summed E-state index contributed by atoms with van der Waals surface area (Å²) in [5.74, 6) is 0.755. The van der Waals surface area contributed by atoms with Crippen LogP contribution in [0.5, 0.6) is 5.75 Å². The molecule has 0 radical (unpaired) electrons. The van der Waals surface area contributed by atoms with E-state index in [4.69, 9.17) is 4.74 Å². The average Bonchev–Trinajstić information content (AvgIpc) is 2.82. The van der Waals surface area contributed by atoms with Crippen LogP contribution >= 0.6 is 0 Å². The molecule has 0 bridgehead atoms. The topological polar surface area (TPSA) is 47.3 Å². The number of benzene rings is 1. The Labute approximate surface area is 107 Å². The molecule has 1 aromatic heterocycles. The van der Waals surface area contributed by atoms with E-state index < -0.39 is 6.10 Å². The van der Waals surface area contributed by atoms with Crippen molar-refractivity contribution in [3.05, 3.63) is 48.0 Å². The first-order valence-electron chi connectivity index (χ1n) is 6.04. The predicted molar refractivity (Wildman–Crippen MR) is 69.5 cm³/mol. The Balaban J connectivity index is 2.01. The van der Waals surface area contributed by atoms with Crippen molar-refractivity contribution < 1.29 is 9.84 Å². The Morgan fingerprint density at radius 3 is 2.94 bits per heavy atom. The number of aliphatic hydroxyl groups excluding tert-OH is 1. The fraction of sp³-hybridized carbons (Fsp3) is 0.357. The second-order valence-corrected chi connectivity index (χ2v) is 4.37. The van der Waals surface area contributed by atoms with Gasteiger partial charge in [0.15, 0.2) is 0 Å². The minimum Gasteiger partial charge on any atom is -0.491 e. The van der Waals surface area contributed by atoms with E-state index in [0.717, 1.165) is 23.4 Å². The van der Waals surface area contributed by atoms with Gasteiger partial charge in [-0.15, -0.1) is 0 Å². The number of nitrogens with zero attached hydrogens (tertiary/aromatic N) is 2. The van der Waals surface area contributed by atoms with E-state index in [1.807, 2.05) is 35.9 Å². The van der Waals surface area contributed by atoms with Gasteiger partial charge >= 0.3 is 0 Å². The fourth-order valence-corrected chi connectivity index (χ4v) is 1.79. The fourth-order valence-electron chi connectivity index (χ4n) is 1.79. The van der Waals surface area contributed by atoms with E-state index in [1.165, 1.54) is 0 Å². The molecule has 0 aliphatic heterocycles. The minimum absolute atomic E-state index is 0.520. The molecule has 1 unspecified atom stereocenters. The van der Waals surface area contributed by atoms with Crippen LogP contribution in [0.2, 0.25) is 0 Å². The average molecular weight is 246 g/mol. The maximum Gasteiger partial charge on any atom is 0.125 e. The Kier molecular flexibility index (Phi) is 3.99. The van der Waals surface area contributed by atoms with Crippen molar-refractivity contribution in [2.24, 2.45) is 0 Å². The number of ether oxygens (including phenoxy) is 1. The van der Waals surface area contributed by atoms with Crippen molar-refractivity contribution in [2.75, 3.05) is 6.61 Å². The zero-order valence-electron chi connectivity index (χ0n) is 10.7.